The molecule has 0 aliphatic rings. The van der Waals surface area contributed by atoms with Gasteiger partial charge in [-0.1, -0.05) is 11.8 Å². The molecule has 10 heavy (non-hydrogen) atoms. The van der Waals surface area contributed by atoms with Gasteiger partial charge in [0.05, 0.1) is 0 Å². The van der Waals surface area contributed by atoms with Crippen molar-refractivity contribution in [3.05, 3.63) is 0 Å². The Hall–Kier alpha value is -0.960. The van der Waals surface area contributed by atoms with Crippen molar-refractivity contribution in [3.8, 4) is 24.7 Å². The van der Waals surface area contributed by atoms with Gasteiger partial charge in [0.25, 0.3) is 0 Å². The van der Waals surface area contributed by atoms with E-state index in [2.05, 4.69) is 11.8 Å². The van der Waals surface area contributed by atoms with Crippen molar-refractivity contribution >= 4 is 0 Å². The van der Waals surface area contributed by atoms with Crippen molar-refractivity contribution in [3.63, 3.8) is 0 Å². The van der Waals surface area contributed by atoms with Crippen LogP contribution in [0.25, 0.3) is 0 Å². The molecule has 0 amide bonds. The molecule has 0 bridgehead atoms. The second kappa shape index (κ2) is 4.88. The van der Waals surface area contributed by atoms with Gasteiger partial charge in [-0.05, 0) is 12.8 Å². The Morgan fingerprint density at radius 2 is 1.30 bits per heavy atom. The molecule has 0 aromatic heterocycles. The van der Waals surface area contributed by atoms with Crippen LogP contribution in [0.1, 0.15) is 12.8 Å². The SMILES string of the molecule is C#CC(O)CCC(O)C#C. The standard InChI is InChI=1S/C8H10O2/c1-3-7(9)5-6-8(10)4-2/h1-2,7-10H,5-6H2. The molecular formula is C8H10O2. The van der Waals surface area contributed by atoms with E-state index in [4.69, 9.17) is 23.1 Å². The molecule has 0 heterocycles. The molecule has 0 saturated carbocycles. The molecule has 2 N–H and O–H groups in total. The fourth-order valence-corrected chi connectivity index (χ4v) is 0.482. The highest BCUT2D eigenvalue weighted by molar-refractivity contribution is 4.97. The second-order valence-corrected chi connectivity index (χ2v) is 1.94. The molecule has 0 fully saturated rings. The number of hydrogen-bond donors (Lipinski definition) is 2. The summed E-state index contributed by atoms with van der Waals surface area (Å²) in [6.07, 6.45) is 8.85. The van der Waals surface area contributed by atoms with E-state index in [1.54, 1.807) is 0 Å². The maximum absolute atomic E-state index is 8.79. The number of rotatable bonds is 3. The summed E-state index contributed by atoms with van der Waals surface area (Å²) in [5, 5.41) is 17.6. The molecule has 0 aromatic carbocycles. The largest absolute Gasteiger partial charge is 0.380 e. The molecule has 0 saturated heterocycles. The lowest BCUT2D eigenvalue weighted by Crippen LogP contribution is -2.09. The zero-order chi connectivity index (χ0) is 7.98. The van der Waals surface area contributed by atoms with E-state index < -0.39 is 12.2 Å². The summed E-state index contributed by atoms with van der Waals surface area (Å²) >= 11 is 0. The normalized spacial score (nSPS) is 14.8. The predicted molar refractivity (Wildman–Crippen MR) is 38.9 cm³/mol. The molecule has 0 rings (SSSR count). The van der Waals surface area contributed by atoms with Gasteiger partial charge in [0.15, 0.2) is 0 Å². The van der Waals surface area contributed by atoms with E-state index in [9.17, 15) is 0 Å². The van der Waals surface area contributed by atoms with Crippen LogP contribution in [0, 0.1) is 24.7 Å². The molecular weight excluding hydrogens is 128 g/mol. The average Bonchev–Trinajstić information content (AvgIpc) is 1.99. The number of aliphatic hydroxyl groups excluding tert-OH is 2. The van der Waals surface area contributed by atoms with E-state index in [0.29, 0.717) is 12.8 Å². The summed E-state index contributed by atoms with van der Waals surface area (Å²) in [4.78, 5) is 0. The highest BCUT2D eigenvalue weighted by atomic mass is 16.3. The van der Waals surface area contributed by atoms with Gasteiger partial charge in [-0.3, -0.25) is 0 Å². The Morgan fingerprint density at radius 3 is 1.50 bits per heavy atom. The predicted octanol–water partition coefficient (Wildman–Crippen LogP) is -0.245. The van der Waals surface area contributed by atoms with Crippen LogP contribution in [0.3, 0.4) is 0 Å². The first-order valence-electron chi connectivity index (χ1n) is 2.99. The van der Waals surface area contributed by atoms with Crippen molar-refractivity contribution in [1.82, 2.24) is 0 Å². The molecule has 2 heteroatoms. The fraction of sp³-hybridized carbons (Fsp3) is 0.500. The first kappa shape index (κ1) is 9.04. The molecule has 0 aromatic rings. The summed E-state index contributed by atoms with van der Waals surface area (Å²) < 4.78 is 0. The third kappa shape index (κ3) is 3.97. The van der Waals surface area contributed by atoms with E-state index in [0.717, 1.165) is 0 Å². The lowest BCUT2D eigenvalue weighted by Gasteiger charge is -2.03. The van der Waals surface area contributed by atoms with Crippen molar-refractivity contribution in [1.29, 1.82) is 0 Å². The first-order chi connectivity index (χ1) is 4.70. The van der Waals surface area contributed by atoms with Crippen LogP contribution in [-0.2, 0) is 0 Å². The summed E-state index contributed by atoms with van der Waals surface area (Å²) in [6.45, 7) is 0. The Morgan fingerprint density at radius 1 is 1.00 bits per heavy atom. The fourth-order valence-electron chi connectivity index (χ4n) is 0.482. The van der Waals surface area contributed by atoms with Gasteiger partial charge in [0.2, 0.25) is 0 Å². The highest BCUT2D eigenvalue weighted by Gasteiger charge is 2.02. The van der Waals surface area contributed by atoms with E-state index >= 15 is 0 Å². The lowest BCUT2D eigenvalue weighted by atomic mass is 10.1. The Kier molecular flexibility index (Phi) is 4.41. The third-order valence-electron chi connectivity index (χ3n) is 1.10. The topological polar surface area (TPSA) is 40.5 Å². The Bertz CT molecular complexity index is 141. The van der Waals surface area contributed by atoms with Crippen LogP contribution < -0.4 is 0 Å². The third-order valence-corrected chi connectivity index (χ3v) is 1.10. The van der Waals surface area contributed by atoms with Gasteiger partial charge < -0.3 is 10.2 Å². The molecule has 2 nitrogen and oxygen atoms in total. The molecule has 54 valence electrons. The minimum atomic E-state index is -0.789. The summed E-state index contributed by atoms with van der Waals surface area (Å²) in [7, 11) is 0. The molecule has 0 aliphatic heterocycles. The minimum absolute atomic E-state index is 0.349. The Balaban J connectivity index is 3.40. The van der Waals surface area contributed by atoms with Gasteiger partial charge in [-0.15, -0.1) is 12.8 Å². The van der Waals surface area contributed by atoms with Crippen LogP contribution >= 0.6 is 0 Å². The van der Waals surface area contributed by atoms with Crippen molar-refractivity contribution in [2.45, 2.75) is 25.0 Å². The lowest BCUT2D eigenvalue weighted by molar-refractivity contribution is 0.172. The summed E-state index contributed by atoms with van der Waals surface area (Å²) in [5.41, 5.74) is 0. The van der Waals surface area contributed by atoms with Gasteiger partial charge >= 0.3 is 0 Å². The highest BCUT2D eigenvalue weighted by Crippen LogP contribution is 1.99. The molecule has 2 atom stereocenters. The van der Waals surface area contributed by atoms with Crippen LogP contribution in [0.5, 0.6) is 0 Å². The summed E-state index contributed by atoms with van der Waals surface area (Å²) in [6, 6.07) is 0. The first-order valence-corrected chi connectivity index (χ1v) is 2.99. The quantitative estimate of drug-likeness (QED) is 0.528. The molecule has 0 spiro atoms. The number of hydrogen-bond acceptors (Lipinski definition) is 2. The molecule has 0 aliphatic carbocycles. The number of aliphatic hydroxyl groups is 2. The van der Waals surface area contributed by atoms with Crippen LogP contribution in [0.2, 0.25) is 0 Å². The van der Waals surface area contributed by atoms with Gasteiger partial charge in [0.1, 0.15) is 12.2 Å². The van der Waals surface area contributed by atoms with Gasteiger partial charge in [0, 0.05) is 0 Å². The maximum Gasteiger partial charge on any atom is 0.114 e. The van der Waals surface area contributed by atoms with Crippen LogP contribution in [0.4, 0.5) is 0 Å². The zero-order valence-corrected chi connectivity index (χ0v) is 5.62. The van der Waals surface area contributed by atoms with Crippen LogP contribution in [-0.4, -0.2) is 22.4 Å². The maximum atomic E-state index is 8.79. The average molecular weight is 138 g/mol. The van der Waals surface area contributed by atoms with Crippen molar-refractivity contribution < 1.29 is 10.2 Å². The monoisotopic (exact) mass is 138 g/mol. The van der Waals surface area contributed by atoms with Crippen molar-refractivity contribution in [2.75, 3.05) is 0 Å². The number of terminal acetylenes is 2. The molecule has 2 unspecified atom stereocenters. The zero-order valence-electron chi connectivity index (χ0n) is 5.62. The second-order valence-electron chi connectivity index (χ2n) is 1.94. The molecule has 0 radical (unpaired) electrons. The van der Waals surface area contributed by atoms with E-state index in [-0.39, 0.29) is 0 Å². The van der Waals surface area contributed by atoms with Gasteiger partial charge in [-0.2, -0.15) is 0 Å². The van der Waals surface area contributed by atoms with Crippen molar-refractivity contribution in [2.24, 2.45) is 0 Å². The Labute approximate surface area is 60.9 Å². The minimum Gasteiger partial charge on any atom is -0.380 e. The summed E-state index contributed by atoms with van der Waals surface area (Å²) in [5.74, 6) is 4.24. The van der Waals surface area contributed by atoms with Gasteiger partial charge in [-0.25, -0.2) is 0 Å². The van der Waals surface area contributed by atoms with E-state index in [1.165, 1.54) is 0 Å². The smallest absolute Gasteiger partial charge is 0.114 e. The van der Waals surface area contributed by atoms with Crippen LogP contribution in [0.15, 0.2) is 0 Å². The van der Waals surface area contributed by atoms with E-state index in [1.807, 2.05) is 0 Å².